The van der Waals surface area contributed by atoms with Crippen LogP contribution < -0.4 is 5.32 Å². The molecule has 0 amide bonds. The first-order valence-corrected chi connectivity index (χ1v) is 5.95. The summed E-state index contributed by atoms with van der Waals surface area (Å²) in [4.78, 5) is 11.2. The smallest absolute Gasteiger partial charge is 0.347 e. The monoisotopic (exact) mass is 226 g/mol. The van der Waals surface area contributed by atoms with Crippen LogP contribution in [0.5, 0.6) is 0 Å². The second-order valence-electron chi connectivity index (χ2n) is 3.85. The Morgan fingerprint density at radius 3 is 3.00 bits per heavy atom. The fourth-order valence-electron chi connectivity index (χ4n) is 1.95. The molecule has 0 saturated heterocycles. The summed E-state index contributed by atoms with van der Waals surface area (Å²) >= 11 is 1.05. The van der Waals surface area contributed by atoms with Crippen molar-refractivity contribution >= 4 is 17.5 Å². The van der Waals surface area contributed by atoms with Crippen LogP contribution in [0.4, 0.5) is 0 Å². The van der Waals surface area contributed by atoms with Crippen molar-refractivity contribution in [1.82, 2.24) is 9.69 Å². The van der Waals surface area contributed by atoms with Crippen molar-refractivity contribution in [3.05, 3.63) is 16.6 Å². The molecule has 1 aromatic rings. The number of carboxylic acids is 1. The lowest BCUT2D eigenvalue weighted by Gasteiger charge is -2.10. The van der Waals surface area contributed by atoms with Gasteiger partial charge in [-0.25, -0.2) is 4.79 Å². The molecule has 0 radical (unpaired) electrons. The standard InChI is InChI=1S/C10H14N2O2S/c13-10(14)9-7(6-12-15-9)5-11-8-3-1-2-4-8/h6,8,11H,1-5H2,(H,13,14). The lowest BCUT2D eigenvalue weighted by molar-refractivity contribution is 0.0701. The fraction of sp³-hybridized carbons (Fsp3) is 0.600. The summed E-state index contributed by atoms with van der Waals surface area (Å²) in [7, 11) is 0. The van der Waals surface area contributed by atoms with Gasteiger partial charge in [0, 0.05) is 24.3 Å². The predicted molar refractivity (Wildman–Crippen MR) is 58.2 cm³/mol. The van der Waals surface area contributed by atoms with Gasteiger partial charge in [0.1, 0.15) is 4.88 Å². The molecule has 0 aromatic carbocycles. The Labute approximate surface area is 92.5 Å². The van der Waals surface area contributed by atoms with E-state index < -0.39 is 5.97 Å². The summed E-state index contributed by atoms with van der Waals surface area (Å²) in [6.45, 7) is 0.628. The summed E-state index contributed by atoms with van der Waals surface area (Å²) in [6, 6.07) is 0.562. The van der Waals surface area contributed by atoms with E-state index in [0.717, 1.165) is 17.1 Å². The Hall–Kier alpha value is -0.940. The van der Waals surface area contributed by atoms with Gasteiger partial charge in [-0.1, -0.05) is 12.8 Å². The number of carboxylic acid groups (broad SMARTS) is 1. The Balaban J connectivity index is 1.92. The van der Waals surface area contributed by atoms with Gasteiger partial charge in [0.2, 0.25) is 0 Å². The van der Waals surface area contributed by atoms with Crippen LogP contribution in [0, 0.1) is 0 Å². The molecule has 15 heavy (non-hydrogen) atoms. The lowest BCUT2D eigenvalue weighted by Crippen LogP contribution is -2.25. The molecule has 1 saturated carbocycles. The molecule has 1 heterocycles. The second kappa shape index (κ2) is 4.72. The van der Waals surface area contributed by atoms with Crippen molar-refractivity contribution in [3.8, 4) is 0 Å². The maximum atomic E-state index is 10.8. The topological polar surface area (TPSA) is 62.2 Å². The number of hydrogen-bond donors (Lipinski definition) is 2. The average molecular weight is 226 g/mol. The van der Waals surface area contributed by atoms with Gasteiger partial charge in [-0.05, 0) is 24.4 Å². The summed E-state index contributed by atoms with van der Waals surface area (Å²) < 4.78 is 3.91. The van der Waals surface area contributed by atoms with E-state index in [2.05, 4.69) is 9.69 Å². The highest BCUT2D eigenvalue weighted by atomic mass is 32.1. The molecule has 1 fully saturated rings. The number of nitrogens with one attached hydrogen (secondary N) is 1. The van der Waals surface area contributed by atoms with Crippen molar-refractivity contribution in [2.24, 2.45) is 0 Å². The molecular formula is C10H14N2O2S. The Morgan fingerprint density at radius 1 is 1.60 bits per heavy atom. The van der Waals surface area contributed by atoms with E-state index in [-0.39, 0.29) is 0 Å². The summed E-state index contributed by atoms with van der Waals surface area (Å²) in [5, 5.41) is 12.3. The van der Waals surface area contributed by atoms with Gasteiger partial charge < -0.3 is 10.4 Å². The van der Waals surface area contributed by atoms with Gasteiger partial charge in [-0.3, -0.25) is 0 Å². The van der Waals surface area contributed by atoms with Crippen molar-refractivity contribution in [2.45, 2.75) is 38.3 Å². The first-order chi connectivity index (χ1) is 7.27. The number of aromatic carboxylic acids is 1. The Bertz CT molecular complexity index is 345. The van der Waals surface area contributed by atoms with E-state index in [9.17, 15) is 4.79 Å². The highest BCUT2D eigenvalue weighted by molar-refractivity contribution is 7.08. The van der Waals surface area contributed by atoms with Gasteiger partial charge in [0.15, 0.2) is 0 Å². The van der Waals surface area contributed by atoms with Crippen molar-refractivity contribution in [3.63, 3.8) is 0 Å². The molecule has 0 bridgehead atoms. The number of nitrogens with zero attached hydrogens (tertiary/aromatic N) is 1. The Morgan fingerprint density at radius 2 is 2.33 bits per heavy atom. The molecule has 1 aliphatic rings. The highest BCUT2D eigenvalue weighted by Crippen LogP contribution is 2.19. The van der Waals surface area contributed by atoms with Gasteiger partial charge in [0.25, 0.3) is 0 Å². The van der Waals surface area contributed by atoms with Crippen LogP contribution in [-0.2, 0) is 6.54 Å². The van der Waals surface area contributed by atoms with Crippen molar-refractivity contribution in [2.75, 3.05) is 0 Å². The first-order valence-electron chi connectivity index (χ1n) is 5.17. The number of hydrogen-bond acceptors (Lipinski definition) is 4. The molecule has 2 rings (SSSR count). The second-order valence-corrected chi connectivity index (χ2v) is 4.65. The minimum atomic E-state index is -0.874. The third-order valence-corrected chi connectivity index (χ3v) is 3.60. The van der Waals surface area contributed by atoms with Crippen LogP contribution >= 0.6 is 11.5 Å². The number of rotatable bonds is 4. The van der Waals surface area contributed by atoms with E-state index in [0.29, 0.717) is 17.5 Å². The van der Waals surface area contributed by atoms with E-state index in [1.165, 1.54) is 25.7 Å². The zero-order valence-corrected chi connectivity index (χ0v) is 9.22. The van der Waals surface area contributed by atoms with Gasteiger partial charge >= 0.3 is 5.97 Å². The molecule has 2 N–H and O–H groups in total. The van der Waals surface area contributed by atoms with Crippen LogP contribution in [0.2, 0.25) is 0 Å². The third-order valence-electron chi connectivity index (χ3n) is 2.77. The number of aromatic nitrogens is 1. The molecule has 5 heteroatoms. The van der Waals surface area contributed by atoms with E-state index >= 15 is 0 Å². The summed E-state index contributed by atoms with van der Waals surface area (Å²) in [5.74, 6) is -0.874. The fourth-order valence-corrected chi connectivity index (χ4v) is 2.55. The van der Waals surface area contributed by atoms with E-state index in [1.54, 1.807) is 6.20 Å². The van der Waals surface area contributed by atoms with E-state index in [1.807, 2.05) is 0 Å². The molecule has 1 aliphatic carbocycles. The third kappa shape index (κ3) is 2.54. The van der Waals surface area contributed by atoms with Gasteiger partial charge in [-0.15, -0.1) is 0 Å². The minimum absolute atomic E-state index is 0.362. The minimum Gasteiger partial charge on any atom is -0.477 e. The van der Waals surface area contributed by atoms with Crippen molar-refractivity contribution in [1.29, 1.82) is 0 Å². The van der Waals surface area contributed by atoms with Crippen LogP contribution in [0.1, 0.15) is 40.9 Å². The largest absolute Gasteiger partial charge is 0.477 e. The predicted octanol–water partition coefficient (Wildman–Crippen LogP) is 1.87. The van der Waals surface area contributed by atoms with Crippen LogP contribution in [0.25, 0.3) is 0 Å². The molecular weight excluding hydrogens is 212 g/mol. The van der Waals surface area contributed by atoms with Gasteiger partial charge in [0.05, 0.1) is 0 Å². The Kier molecular flexibility index (Phi) is 3.33. The van der Waals surface area contributed by atoms with Crippen molar-refractivity contribution < 1.29 is 9.90 Å². The zero-order chi connectivity index (χ0) is 10.7. The molecule has 4 nitrogen and oxygen atoms in total. The SMILES string of the molecule is O=C(O)c1sncc1CNC1CCCC1. The maximum absolute atomic E-state index is 10.8. The average Bonchev–Trinajstić information content (AvgIpc) is 2.86. The molecule has 0 unspecified atom stereocenters. The zero-order valence-electron chi connectivity index (χ0n) is 8.40. The lowest BCUT2D eigenvalue weighted by atomic mass is 10.2. The normalized spacial score (nSPS) is 17.1. The molecule has 82 valence electrons. The highest BCUT2D eigenvalue weighted by Gasteiger charge is 2.17. The van der Waals surface area contributed by atoms with Crippen LogP contribution in [0.15, 0.2) is 6.20 Å². The van der Waals surface area contributed by atoms with Crippen LogP contribution in [0.3, 0.4) is 0 Å². The summed E-state index contributed by atoms with van der Waals surface area (Å²) in [6.07, 6.45) is 6.63. The summed E-state index contributed by atoms with van der Waals surface area (Å²) in [5.41, 5.74) is 0.805. The first kappa shape index (κ1) is 10.6. The molecule has 1 aromatic heterocycles. The van der Waals surface area contributed by atoms with Crippen LogP contribution in [-0.4, -0.2) is 21.5 Å². The van der Waals surface area contributed by atoms with E-state index in [4.69, 9.17) is 5.11 Å². The molecule has 0 spiro atoms. The molecule has 0 atom stereocenters. The number of carbonyl (C=O) groups is 1. The maximum Gasteiger partial charge on any atom is 0.347 e. The van der Waals surface area contributed by atoms with Gasteiger partial charge in [-0.2, -0.15) is 4.37 Å². The molecule has 0 aliphatic heterocycles. The quantitative estimate of drug-likeness (QED) is 0.822.